The van der Waals surface area contributed by atoms with Gasteiger partial charge in [0.05, 0.1) is 9.75 Å². The van der Waals surface area contributed by atoms with Crippen LogP contribution in [-0.4, -0.2) is 17.0 Å². The Morgan fingerprint density at radius 1 is 1.00 bits per heavy atom. The van der Waals surface area contributed by atoms with Crippen LogP contribution >= 0.6 is 11.3 Å². The van der Waals surface area contributed by atoms with Gasteiger partial charge in [0.25, 0.3) is 11.8 Å². The molecule has 0 aliphatic carbocycles. The fourth-order valence-electron chi connectivity index (χ4n) is 1.47. The Morgan fingerprint density at radius 3 is 2.16 bits per heavy atom. The summed E-state index contributed by atoms with van der Waals surface area (Å²) >= 11 is 1.01. The number of hydroxylamine groups is 1. The number of anilines is 1. The first kappa shape index (κ1) is 13.3. The highest BCUT2D eigenvalue weighted by Crippen LogP contribution is 2.18. The largest absolute Gasteiger partial charge is 0.321 e. The minimum atomic E-state index is -0.626. The highest BCUT2D eigenvalue weighted by molar-refractivity contribution is 7.16. The highest BCUT2D eigenvalue weighted by atomic mass is 32.1. The van der Waals surface area contributed by atoms with Crippen LogP contribution in [-0.2, 0) is 0 Å². The van der Waals surface area contributed by atoms with E-state index in [9.17, 15) is 9.59 Å². The molecule has 3 N–H and O–H groups in total. The number of nitrogens with one attached hydrogen (secondary N) is 2. The number of thiophene rings is 1. The summed E-state index contributed by atoms with van der Waals surface area (Å²) in [6.07, 6.45) is 0. The zero-order valence-corrected chi connectivity index (χ0v) is 11.0. The van der Waals surface area contributed by atoms with Crippen molar-refractivity contribution in [2.75, 3.05) is 5.32 Å². The van der Waals surface area contributed by atoms with Gasteiger partial charge in [-0.2, -0.15) is 0 Å². The second-order valence-corrected chi connectivity index (χ2v) is 5.01. The fourth-order valence-corrected chi connectivity index (χ4v) is 2.26. The topological polar surface area (TPSA) is 78.4 Å². The van der Waals surface area contributed by atoms with Crippen LogP contribution in [0.5, 0.6) is 0 Å². The lowest BCUT2D eigenvalue weighted by molar-refractivity contribution is 0.0711. The Balaban J connectivity index is 2.09. The van der Waals surface area contributed by atoms with Crippen molar-refractivity contribution in [2.45, 2.75) is 6.92 Å². The zero-order chi connectivity index (χ0) is 13.8. The first-order chi connectivity index (χ1) is 9.10. The summed E-state index contributed by atoms with van der Waals surface area (Å²) in [5.41, 5.74) is 3.33. The third-order valence-electron chi connectivity index (χ3n) is 2.46. The minimum Gasteiger partial charge on any atom is -0.321 e. The van der Waals surface area contributed by atoms with E-state index in [-0.39, 0.29) is 10.8 Å². The van der Waals surface area contributed by atoms with Crippen LogP contribution in [0.2, 0.25) is 0 Å². The molecule has 6 heteroatoms. The third kappa shape index (κ3) is 3.18. The number of benzene rings is 1. The second kappa shape index (κ2) is 5.64. The van der Waals surface area contributed by atoms with E-state index in [1.165, 1.54) is 11.5 Å². The molecule has 0 spiro atoms. The van der Waals surface area contributed by atoms with Gasteiger partial charge >= 0.3 is 0 Å². The first-order valence-electron chi connectivity index (χ1n) is 5.52. The van der Waals surface area contributed by atoms with E-state index in [0.29, 0.717) is 10.6 Å². The minimum absolute atomic E-state index is 0.275. The molecule has 19 heavy (non-hydrogen) atoms. The van der Waals surface area contributed by atoms with Crippen LogP contribution in [0.15, 0.2) is 36.4 Å². The Hall–Kier alpha value is -2.18. The number of carbonyl (C=O) groups is 2. The molecule has 0 unspecified atom stereocenters. The van der Waals surface area contributed by atoms with Crippen molar-refractivity contribution in [3.63, 3.8) is 0 Å². The standard InChI is InChI=1S/C13H12N2O3S/c1-8-2-4-9(5-3-8)14-12(16)10-6-7-11(19-10)13(17)15-18/h2-7,18H,1H3,(H,14,16)(H,15,17). The molecular formula is C13H12N2O3S. The highest BCUT2D eigenvalue weighted by Gasteiger charge is 2.13. The number of carbonyl (C=O) groups excluding carboxylic acids is 2. The monoisotopic (exact) mass is 276 g/mol. The molecule has 98 valence electrons. The van der Waals surface area contributed by atoms with E-state index in [4.69, 9.17) is 5.21 Å². The van der Waals surface area contributed by atoms with E-state index in [1.807, 2.05) is 31.2 Å². The molecule has 0 aliphatic heterocycles. The van der Waals surface area contributed by atoms with Crippen molar-refractivity contribution in [1.82, 2.24) is 5.48 Å². The molecule has 0 fully saturated rings. The molecule has 1 aromatic carbocycles. The van der Waals surface area contributed by atoms with Crippen LogP contribution in [0.4, 0.5) is 5.69 Å². The number of aryl methyl sites for hydroxylation is 1. The van der Waals surface area contributed by atoms with E-state index < -0.39 is 5.91 Å². The van der Waals surface area contributed by atoms with Crippen molar-refractivity contribution < 1.29 is 14.8 Å². The van der Waals surface area contributed by atoms with Crippen molar-refractivity contribution in [1.29, 1.82) is 0 Å². The number of amides is 2. The second-order valence-electron chi connectivity index (χ2n) is 3.92. The lowest BCUT2D eigenvalue weighted by atomic mass is 10.2. The molecule has 5 nitrogen and oxygen atoms in total. The summed E-state index contributed by atoms with van der Waals surface area (Å²) in [6, 6.07) is 10.4. The SMILES string of the molecule is Cc1ccc(NC(=O)c2ccc(C(=O)NO)s2)cc1. The maximum atomic E-state index is 11.9. The van der Waals surface area contributed by atoms with Crippen molar-refractivity contribution >= 4 is 28.8 Å². The molecule has 2 rings (SSSR count). The van der Waals surface area contributed by atoms with E-state index >= 15 is 0 Å². The summed E-state index contributed by atoms with van der Waals surface area (Å²) in [7, 11) is 0. The van der Waals surface area contributed by atoms with E-state index in [1.54, 1.807) is 6.07 Å². The Bertz CT molecular complexity index is 605. The lowest BCUT2D eigenvalue weighted by Gasteiger charge is -2.03. The maximum Gasteiger partial charge on any atom is 0.284 e. The molecule has 1 heterocycles. The van der Waals surface area contributed by atoms with Gasteiger partial charge in [-0.1, -0.05) is 17.7 Å². The molecular weight excluding hydrogens is 264 g/mol. The van der Waals surface area contributed by atoms with Gasteiger partial charge in [-0.05, 0) is 31.2 Å². The normalized spacial score (nSPS) is 10.0. The van der Waals surface area contributed by atoms with E-state index in [0.717, 1.165) is 16.9 Å². The van der Waals surface area contributed by atoms with Crippen LogP contribution in [0.1, 0.15) is 24.9 Å². The molecule has 2 aromatic rings. The van der Waals surface area contributed by atoms with Gasteiger partial charge in [-0.25, -0.2) is 5.48 Å². The predicted octanol–water partition coefficient (Wildman–Crippen LogP) is 2.43. The molecule has 1 aromatic heterocycles. The zero-order valence-electron chi connectivity index (χ0n) is 10.1. The summed E-state index contributed by atoms with van der Waals surface area (Å²) in [5, 5.41) is 11.2. The Labute approximate surface area is 113 Å². The number of hydrogen-bond acceptors (Lipinski definition) is 4. The van der Waals surface area contributed by atoms with Gasteiger partial charge < -0.3 is 5.32 Å². The van der Waals surface area contributed by atoms with Gasteiger partial charge in [0.1, 0.15) is 0 Å². The molecule has 0 aliphatic rings. The van der Waals surface area contributed by atoms with Gasteiger partial charge in [-0.3, -0.25) is 14.8 Å². The Morgan fingerprint density at radius 2 is 1.58 bits per heavy atom. The maximum absolute atomic E-state index is 11.9. The Kier molecular flexibility index (Phi) is 3.94. The smallest absolute Gasteiger partial charge is 0.284 e. The van der Waals surface area contributed by atoms with Crippen LogP contribution in [0, 0.1) is 6.92 Å². The first-order valence-corrected chi connectivity index (χ1v) is 6.34. The summed E-state index contributed by atoms with van der Waals surface area (Å²) < 4.78 is 0. The summed E-state index contributed by atoms with van der Waals surface area (Å²) in [4.78, 5) is 23.8. The van der Waals surface area contributed by atoms with Gasteiger partial charge in [-0.15, -0.1) is 11.3 Å². The van der Waals surface area contributed by atoms with Crippen molar-refractivity contribution in [3.8, 4) is 0 Å². The molecule has 0 atom stereocenters. The predicted molar refractivity (Wildman–Crippen MR) is 72.7 cm³/mol. The van der Waals surface area contributed by atoms with Crippen LogP contribution in [0.3, 0.4) is 0 Å². The summed E-state index contributed by atoms with van der Waals surface area (Å²) in [6.45, 7) is 1.96. The molecule has 2 amide bonds. The van der Waals surface area contributed by atoms with Gasteiger partial charge in [0.2, 0.25) is 0 Å². The molecule has 0 radical (unpaired) electrons. The van der Waals surface area contributed by atoms with Crippen molar-refractivity contribution in [3.05, 3.63) is 51.7 Å². The molecule has 0 bridgehead atoms. The fraction of sp³-hybridized carbons (Fsp3) is 0.0769. The summed E-state index contributed by atoms with van der Waals surface area (Å²) in [5.74, 6) is -0.912. The average molecular weight is 276 g/mol. The van der Waals surface area contributed by atoms with Gasteiger partial charge in [0, 0.05) is 5.69 Å². The van der Waals surface area contributed by atoms with Gasteiger partial charge in [0.15, 0.2) is 0 Å². The van der Waals surface area contributed by atoms with Crippen molar-refractivity contribution in [2.24, 2.45) is 0 Å². The average Bonchev–Trinajstić information content (AvgIpc) is 2.90. The molecule has 0 saturated carbocycles. The third-order valence-corrected chi connectivity index (χ3v) is 3.55. The number of hydrogen-bond donors (Lipinski definition) is 3. The van der Waals surface area contributed by atoms with Crippen LogP contribution < -0.4 is 10.8 Å². The molecule has 0 saturated heterocycles. The lowest BCUT2D eigenvalue weighted by Crippen LogP contribution is -2.17. The van der Waals surface area contributed by atoms with Crippen LogP contribution in [0.25, 0.3) is 0 Å². The number of rotatable bonds is 3. The van der Waals surface area contributed by atoms with E-state index in [2.05, 4.69) is 5.32 Å². The quantitative estimate of drug-likeness (QED) is 0.595.